The molecule has 4 nitrogen and oxygen atoms in total. The van der Waals surface area contributed by atoms with Gasteiger partial charge in [-0.1, -0.05) is 42.8 Å². The van der Waals surface area contributed by atoms with E-state index in [0.717, 1.165) is 28.2 Å². The van der Waals surface area contributed by atoms with Crippen molar-refractivity contribution in [2.75, 3.05) is 6.54 Å². The third kappa shape index (κ3) is 5.33. The SMILES string of the molecule is CCCN(Cc1csc(COc2cccc(Cl)c2)n1)C(=O)c1ccccc1C. The molecule has 0 aliphatic rings. The van der Waals surface area contributed by atoms with Crippen molar-refractivity contribution in [3.8, 4) is 5.75 Å². The van der Waals surface area contributed by atoms with Gasteiger partial charge in [-0.25, -0.2) is 4.98 Å². The predicted octanol–water partition coefficient (Wildman–Crippen LogP) is 5.74. The van der Waals surface area contributed by atoms with Gasteiger partial charge in [0.25, 0.3) is 5.91 Å². The average Bonchev–Trinajstić information content (AvgIpc) is 3.13. The number of carbonyl (C=O) groups excluding carboxylic acids is 1. The van der Waals surface area contributed by atoms with Crippen LogP contribution in [0.3, 0.4) is 0 Å². The smallest absolute Gasteiger partial charge is 0.254 e. The first-order valence-electron chi connectivity index (χ1n) is 9.23. The highest BCUT2D eigenvalue weighted by Gasteiger charge is 2.18. The molecule has 1 aromatic heterocycles. The van der Waals surface area contributed by atoms with Crippen molar-refractivity contribution < 1.29 is 9.53 Å². The second-order valence-electron chi connectivity index (χ2n) is 6.52. The Bertz CT molecular complexity index is 942. The number of thiazole rings is 1. The zero-order chi connectivity index (χ0) is 19.9. The third-order valence-electron chi connectivity index (χ3n) is 4.27. The first-order chi connectivity index (χ1) is 13.6. The van der Waals surface area contributed by atoms with E-state index in [1.54, 1.807) is 6.07 Å². The lowest BCUT2D eigenvalue weighted by Gasteiger charge is -2.22. The Morgan fingerprint density at radius 1 is 1.21 bits per heavy atom. The van der Waals surface area contributed by atoms with E-state index >= 15 is 0 Å². The molecule has 0 saturated carbocycles. The number of halogens is 1. The van der Waals surface area contributed by atoms with Crippen molar-refractivity contribution >= 4 is 28.8 Å². The largest absolute Gasteiger partial charge is 0.486 e. The molecule has 0 spiro atoms. The van der Waals surface area contributed by atoms with E-state index in [-0.39, 0.29) is 5.91 Å². The van der Waals surface area contributed by atoms with Gasteiger partial charge < -0.3 is 9.64 Å². The van der Waals surface area contributed by atoms with E-state index in [4.69, 9.17) is 16.3 Å². The normalized spacial score (nSPS) is 10.7. The number of rotatable bonds is 8. The van der Waals surface area contributed by atoms with Gasteiger partial charge in [0.1, 0.15) is 17.4 Å². The Morgan fingerprint density at radius 3 is 2.79 bits per heavy atom. The summed E-state index contributed by atoms with van der Waals surface area (Å²) < 4.78 is 5.75. The van der Waals surface area contributed by atoms with Gasteiger partial charge in [-0.15, -0.1) is 11.3 Å². The molecule has 0 aliphatic heterocycles. The molecule has 6 heteroatoms. The molecule has 0 atom stereocenters. The molecule has 28 heavy (non-hydrogen) atoms. The zero-order valence-electron chi connectivity index (χ0n) is 16.0. The van der Waals surface area contributed by atoms with Gasteiger partial charge in [-0.2, -0.15) is 0 Å². The number of hydrogen-bond donors (Lipinski definition) is 0. The lowest BCUT2D eigenvalue weighted by Crippen LogP contribution is -2.32. The lowest BCUT2D eigenvalue weighted by atomic mass is 10.1. The fraction of sp³-hybridized carbons (Fsp3) is 0.273. The minimum atomic E-state index is 0.0460. The minimum absolute atomic E-state index is 0.0460. The van der Waals surface area contributed by atoms with E-state index < -0.39 is 0 Å². The first kappa shape index (κ1) is 20.4. The van der Waals surface area contributed by atoms with Crippen LogP contribution in [0, 0.1) is 6.92 Å². The Hall–Kier alpha value is -2.37. The van der Waals surface area contributed by atoms with Gasteiger partial charge in [0, 0.05) is 22.5 Å². The Kier molecular flexibility index (Phi) is 7.06. The number of carbonyl (C=O) groups is 1. The molecule has 1 amide bonds. The van der Waals surface area contributed by atoms with Crippen LogP contribution in [0.2, 0.25) is 5.02 Å². The molecule has 0 aliphatic carbocycles. The van der Waals surface area contributed by atoms with Crippen LogP contribution < -0.4 is 4.74 Å². The summed E-state index contributed by atoms with van der Waals surface area (Å²) in [5, 5.41) is 3.50. The molecule has 2 aromatic carbocycles. The summed E-state index contributed by atoms with van der Waals surface area (Å²) in [4.78, 5) is 19.5. The van der Waals surface area contributed by atoms with E-state index in [0.29, 0.717) is 30.5 Å². The first-order valence-corrected chi connectivity index (χ1v) is 10.5. The second-order valence-corrected chi connectivity index (χ2v) is 7.90. The summed E-state index contributed by atoms with van der Waals surface area (Å²) in [5.74, 6) is 0.760. The summed E-state index contributed by atoms with van der Waals surface area (Å²) in [5.41, 5.74) is 2.61. The number of aromatic nitrogens is 1. The van der Waals surface area contributed by atoms with Gasteiger partial charge in [0.15, 0.2) is 0 Å². The number of hydrogen-bond acceptors (Lipinski definition) is 4. The van der Waals surface area contributed by atoms with Crippen LogP contribution in [0.1, 0.15) is 40.0 Å². The molecule has 0 N–H and O–H groups in total. The maximum absolute atomic E-state index is 13.0. The third-order valence-corrected chi connectivity index (χ3v) is 5.37. The maximum atomic E-state index is 13.0. The van der Waals surface area contributed by atoms with Gasteiger partial charge in [0.05, 0.1) is 12.2 Å². The minimum Gasteiger partial charge on any atom is -0.486 e. The summed E-state index contributed by atoms with van der Waals surface area (Å²) in [6, 6.07) is 15.0. The van der Waals surface area contributed by atoms with Gasteiger partial charge in [-0.05, 0) is 43.2 Å². The highest BCUT2D eigenvalue weighted by atomic mass is 35.5. The quantitative estimate of drug-likeness (QED) is 0.472. The Morgan fingerprint density at radius 2 is 2.04 bits per heavy atom. The van der Waals surface area contributed by atoms with Crippen LogP contribution in [0.5, 0.6) is 5.75 Å². The number of ether oxygens (including phenoxy) is 1. The fourth-order valence-electron chi connectivity index (χ4n) is 2.89. The lowest BCUT2D eigenvalue weighted by molar-refractivity contribution is 0.0740. The van der Waals surface area contributed by atoms with Gasteiger partial charge in [-0.3, -0.25) is 4.79 Å². The summed E-state index contributed by atoms with van der Waals surface area (Å²) >= 11 is 7.52. The molecule has 0 fully saturated rings. The van der Waals surface area contributed by atoms with Crippen molar-refractivity contribution in [1.29, 1.82) is 0 Å². The highest BCUT2D eigenvalue weighted by Crippen LogP contribution is 2.20. The number of benzene rings is 2. The van der Waals surface area contributed by atoms with E-state index in [1.807, 2.05) is 59.7 Å². The molecule has 146 valence electrons. The van der Waals surface area contributed by atoms with Crippen LogP contribution in [0.15, 0.2) is 53.9 Å². The molecule has 0 saturated heterocycles. The van der Waals surface area contributed by atoms with Crippen LogP contribution in [0.4, 0.5) is 0 Å². The summed E-state index contributed by atoms with van der Waals surface area (Å²) in [6.07, 6.45) is 0.895. The molecule has 0 bridgehead atoms. The molecule has 3 rings (SSSR count). The van der Waals surface area contributed by atoms with E-state index in [1.165, 1.54) is 11.3 Å². The fourth-order valence-corrected chi connectivity index (χ4v) is 3.77. The van der Waals surface area contributed by atoms with Crippen molar-refractivity contribution in [1.82, 2.24) is 9.88 Å². The number of aryl methyl sites for hydroxylation is 1. The summed E-state index contributed by atoms with van der Waals surface area (Å²) in [7, 11) is 0. The standard InChI is InChI=1S/C22H23ClN2O2S/c1-3-11-25(22(26)20-10-5-4-7-16(20)2)13-18-15-28-21(24-18)14-27-19-9-6-8-17(23)12-19/h4-10,12,15H,3,11,13-14H2,1-2H3. The molecule has 0 radical (unpaired) electrons. The van der Waals surface area contributed by atoms with Crippen LogP contribution in [-0.4, -0.2) is 22.3 Å². The highest BCUT2D eigenvalue weighted by molar-refractivity contribution is 7.09. The molecular weight excluding hydrogens is 392 g/mol. The molecule has 3 aromatic rings. The Labute approximate surface area is 174 Å². The van der Waals surface area contributed by atoms with Crippen LogP contribution in [-0.2, 0) is 13.2 Å². The van der Waals surface area contributed by atoms with Crippen LogP contribution in [0.25, 0.3) is 0 Å². The van der Waals surface area contributed by atoms with E-state index in [9.17, 15) is 4.79 Å². The van der Waals surface area contributed by atoms with Crippen molar-refractivity contribution in [2.24, 2.45) is 0 Å². The maximum Gasteiger partial charge on any atom is 0.254 e. The monoisotopic (exact) mass is 414 g/mol. The zero-order valence-corrected chi connectivity index (χ0v) is 17.6. The topological polar surface area (TPSA) is 42.4 Å². The molecule has 0 unspecified atom stereocenters. The van der Waals surface area contributed by atoms with Crippen LogP contribution >= 0.6 is 22.9 Å². The second kappa shape index (κ2) is 9.71. The van der Waals surface area contributed by atoms with Crippen molar-refractivity contribution in [3.05, 3.63) is 80.8 Å². The average molecular weight is 415 g/mol. The molecule has 1 heterocycles. The predicted molar refractivity (Wildman–Crippen MR) is 114 cm³/mol. The number of amides is 1. The van der Waals surface area contributed by atoms with E-state index in [2.05, 4.69) is 11.9 Å². The molecular formula is C22H23ClN2O2S. The van der Waals surface area contributed by atoms with Gasteiger partial charge >= 0.3 is 0 Å². The van der Waals surface area contributed by atoms with Gasteiger partial charge in [0.2, 0.25) is 0 Å². The summed E-state index contributed by atoms with van der Waals surface area (Å²) in [6.45, 7) is 5.60. The van der Waals surface area contributed by atoms with Crippen molar-refractivity contribution in [3.63, 3.8) is 0 Å². The van der Waals surface area contributed by atoms with Crippen molar-refractivity contribution in [2.45, 2.75) is 33.4 Å². The number of nitrogens with zero attached hydrogens (tertiary/aromatic N) is 2. The Balaban J connectivity index is 1.65.